The van der Waals surface area contributed by atoms with E-state index in [1.807, 2.05) is 24.3 Å². The summed E-state index contributed by atoms with van der Waals surface area (Å²) in [4.78, 5) is 16.1. The van der Waals surface area contributed by atoms with Gasteiger partial charge in [0.05, 0.1) is 11.3 Å². The summed E-state index contributed by atoms with van der Waals surface area (Å²) < 4.78 is 0. The summed E-state index contributed by atoms with van der Waals surface area (Å²) in [5, 5.41) is 12.4. The Bertz CT molecular complexity index is 692. The Kier molecular flexibility index (Phi) is 6.64. The number of pyridine rings is 1. The highest BCUT2D eigenvalue weighted by atomic mass is 32.2. The van der Waals surface area contributed by atoms with Crippen LogP contribution in [0.5, 0.6) is 0 Å². The number of aromatic nitrogens is 1. The molecule has 1 amide bonds. The lowest BCUT2D eigenvalue weighted by Crippen LogP contribution is -2.14. The van der Waals surface area contributed by atoms with Crippen molar-refractivity contribution in [2.75, 3.05) is 11.1 Å². The maximum atomic E-state index is 12.0. The van der Waals surface area contributed by atoms with Crippen molar-refractivity contribution in [3.63, 3.8) is 0 Å². The Morgan fingerprint density at radius 1 is 1.30 bits per heavy atom. The van der Waals surface area contributed by atoms with Crippen molar-refractivity contribution in [3.8, 4) is 6.07 Å². The van der Waals surface area contributed by atoms with Gasteiger partial charge < -0.3 is 5.32 Å². The van der Waals surface area contributed by atoms with Gasteiger partial charge in [-0.25, -0.2) is 4.98 Å². The lowest BCUT2D eigenvalue weighted by atomic mass is 10.1. The molecule has 0 fully saturated rings. The Morgan fingerprint density at radius 2 is 2.09 bits per heavy atom. The first kappa shape index (κ1) is 17.0. The number of benzene rings is 1. The van der Waals surface area contributed by atoms with Gasteiger partial charge in [0.2, 0.25) is 5.91 Å². The number of carbonyl (C=O) groups is 1. The van der Waals surface area contributed by atoms with Crippen molar-refractivity contribution >= 4 is 23.4 Å². The predicted molar refractivity (Wildman–Crippen MR) is 93.4 cm³/mol. The van der Waals surface area contributed by atoms with Gasteiger partial charge in [-0.05, 0) is 42.7 Å². The Labute approximate surface area is 140 Å². The molecular weight excluding hydrogens is 306 g/mol. The van der Waals surface area contributed by atoms with Crippen LogP contribution in [0.15, 0.2) is 47.6 Å². The summed E-state index contributed by atoms with van der Waals surface area (Å²) in [6.07, 6.45) is 5.04. The number of carbonyl (C=O) groups excluding carboxylic acids is 1. The van der Waals surface area contributed by atoms with Crippen LogP contribution < -0.4 is 5.32 Å². The van der Waals surface area contributed by atoms with Gasteiger partial charge in [-0.1, -0.05) is 37.2 Å². The second kappa shape index (κ2) is 8.96. The highest BCUT2D eigenvalue weighted by Gasteiger charge is 2.08. The first-order chi connectivity index (χ1) is 11.2. The summed E-state index contributed by atoms with van der Waals surface area (Å²) in [5.74, 6) is 0.120. The number of hydrogen-bond acceptors (Lipinski definition) is 4. The minimum atomic E-state index is -0.106. The number of thioether (sulfide) groups is 1. The third-order valence-corrected chi connectivity index (χ3v) is 4.29. The molecule has 23 heavy (non-hydrogen) atoms. The molecule has 5 heteroatoms. The Balaban J connectivity index is 1.86. The summed E-state index contributed by atoms with van der Waals surface area (Å²) >= 11 is 1.27. The molecule has 2 rings (SSSR count). The standard InChI is InChI=1S/C18H19N3OS/c1-2-3-5-14-7-9-16(10-8-14)21-17(22)13-23-18-15(12-19)6-4-11-20-18/h4,6-11H,2-3,5,13H2,1H3,(H,21,22). The van der Waals surface area contributed by atoms with E-state index in [1.54, 1.807) is 18.3 Å². The summed E-state index contributed by atoms with van der Waals surface area (Å²) in [6, 6.07) is 13.4. The molecule has 0 atom stereocenters. The van der Waals surface area contributed by atoms with E-state index in [0.29, 0.717) is 10.6 Å². The predicted octanol–water partition coefficient (Wildman–Crippen LogP) is 4.03. The number of amides is 1. The fourth-order valence-corrected chi connectivity index (χ4v) is 2.80. The average Bonchev–Trinajstić information content (AvgIpc) is 2.59. The van der Waals surface area contributed by atoms with Crippen molar-refractivity contribution in [2.45, 2.75) is 31.2 Å². The van der Waals surface area contributed by atoms with Crippen molar-refractivity contribution in [3.05, 3.63) is 53.7 Å². The van der Waals surface area contributed by atoms with E-state index in [-0.39, 0.29) is 11.7 Å². The molecule has 0 aliphatic rings. The topological polar surface area (TPSA) is 65.8 Å². The molecule has 0 aliphatic heterocycles. The van der Waals surface area contributed by atoms with Crippen LogP contribution in [0.2, 0.25) is 0 Å². The molecule has 0 saturated heterocycles. The van der Waals surface area contributed by atoms with Crippen LogP contribution in [0.4, 0.5) is 5.69 Å². The van der Waals surface area contributed by atoms with Gasteiger partial charge in [0.15, 0.2) is 0 Å². The monoisotopic (exact) mass is 325 g/mol. The van der Waals surface area contributed by atoms with Crippen LogP contribution in [0.25, 0.3) is 0 Å². The zero-order valence-corrected chi connectivity index (χ0v) is 13.9. The number of rotatable bonds is 7. The van der Waals surface area contributed by atoms with Gasteiger partial charge in [-0.15, -0.1) is 0 Å². The number of unbranched alkanes of at least 4 members (excludes halogenated alkanes) is 1. The van der Waals surface area contributed by atoms with E-state index in [0.717, 1.165) is 12.1 Å². The van der Waals surface area contributed by atoms with E-state index in [4.69, 9.17) is 5.26 Å². The molecule has 1 N–H and O–H groups in total. The minimum absolute atomic E-state index is 0.106. The van der Waals surface area contributed by atoms with Gasteiger partial charge in [0.25, 0.3) is 0 Å². The molecular formula is C18H19N3OS. The number of aryl methyl sites for hydroxylation is 1. The van der Waals surface area contributed by atoms with Crippen LogP contribution in [-0.4, -0.2) is 16.6 Å². The summed E-state index contributed by atoms with van der Waals surface area (Å²) in [6.45, 7) is 2.17. The van der Waals surface area contributed by atoms with Crippen LogP contribution in [0.1, 0.15) is 30.9 Å². The smallest absolute Gasteiger partial charge is 0.234 e. The molecule has 2 aromatic rings. The van der Waals surface area contributed by atoms with E-state index in [2.05, 4.69) is 23.3 Å². The second-order valence-electron chi connectivity index (χ2n) is 5.11. The normalized spacial score (nSPS) is 10.1. The van der Waals surface area contributed by atoms with Crippen molar-refractivity contribution in [1.29, 1.82) is 5.26 Å². The first-order valence-corrected chi connectivity index (χ1v) is 8.58. The molecule has 0 saturated carbocycles. The number of anilines is 1. The SMILES string of the molecule is CCCCc1ccc(NC(=O)CSc2ncccc2C#N)cc1. The molecule has 0 radical (unpaired) electrons. The molecule has 0 aliphatic carbocycles. The molecule has 1 aromatic carbocycles. The third kappa shape index (κ3) is 5.42. The van der Waals surface area contributed by atoms with Crippen LogP contribution in [-0.2, 0) is 11.2 Å². The van der Waals surface area contributed by atoms with Gasteiger partial charge in [-0.3, -0.25) is 4.79 Å². The lowest BCUT2D eigenvalue weighted by molar-refractivity contribution is -0.113. The maximum Gasteiger partial charge on any atom is 0.234 e. The summed E-state index contributed by atoms with van der Waals surface area (Å²) in [5.41, 5.74) is 2.56. The highest BCUT2D eigenvalue weighted by molar-refractivity contribution is 8.00. The van der Waals surface area contributed by atoms with Gasteiger partial charge in [-0.2, -0.15) is 5.26 Å². The zero-order valence-electron chi connectivity index (χ0n) is 13.1. The quantitative estimate of drug-likeness (QED) is 0.781. The number of nitrogens with zero attached hydrogens (tertiary/aromatic N) is 2. The summed E-state index contributed by atoms with van der Waals surface area (Å²) in [7, 11) is 0. The number of nitriles is 1. The fourth-order valence-electron chi connectivity index (χ4n) is 2.06. The van der Waals surface area contributed by atoms with Crippen LogP contribution >= 0.6 is 11.8 Å². The highest BCUT2D eigenvalue weighted by Crippen LogP contribution is 2.19. The van der Waals surface area contributed by atoms with Crippen molar-refractivity contribution < 1.29 is 4.79 Å². The van der Waals surface area contributed by atoms with Crippen LogP contribution in [0, 0.1) is 11.3 Å². The average molecular weight is 325 g/mol. The lowest BCUT2D eigenvalue weighted by Gasteiger charge is -2.07. The van der Waals surface area contributed by atoms with Crippen molar-refractivity contribution in [2.24, 2.45) is 0 Å². The van der Waals surface area contributed by atoms with E-state index >= 15 is 0 Å². The van der Waals surface area contributed by atoms with Gasteiger partial charge in [0.1, 0.15) is 11.1 Å². The second-order valence-corrected chi connectivity index (χ2v) is 6.07. The molecule has 0 unspecified atom stereocenters. The van der Waals surface area contributed by atoms with Gasteiger partial charge in [0, 0.05) is 11.9 Å². The third-order valence-electron chi connectivity index (χ3n) is 3.29. The molecule has 0 bridgehead atoms. The Morgan fingerprint density at radius 3 is 2.78 bits per heavy atom. The van der Waals surface area contributed by atoms with Gasteiger partial charge >= 0.3 is 0 Å². The first-order valence-electron chi connectivity index (χ1n) is 7.59. The minimum Gasteiger partial charge on any atom is -0.325 e. The fraction of sp³-hybridized carbons (Fsp3) is 0.278. The molecule has 1 aromatic heterocycles. The number of nitrogens with one attached hydrogen (secondary N) is 1. The number of hydrogen-bond donors (Lipinski definition) is 1. The zero-order chi connectivity index (χ0) is 16.5. The molecule has 0 spiro atoms. The van der Waals surface area contributed by atoms with E-state index in [9.17, 15) is 4.79 Å². The molecule has 1 heterocycles. The maximum absolute atomic E-state index is 12.0. The van der Waals surface area contributed by atoms with Crippen LogP contribution in [0.3, 0.4) is 0 Å². The van der Waals surface area contributed by atoms with E-state index < -0.39 is 0 Å². The van der Waals surface area contributed by atoms with E-state index in [1.165, 1.54) is 30.2 Å². The largest absolute Gasteiger partial charge is 0.325 e. The Hall–Kier alpha value is -2.32. The van der Waals surface area contributed by atoms with Crippen molar-refractivity contribution in [1.82, 2.24) is 4.98 Å². The molecule has 118 valence electrons. The molecule has 4 nitrogen and oxygen atoms in total.